The van der Waals surface area contributed by atoms with Gasteiger partial charge in [0, 0.05) is 15.9 Å². The van der Waals surface area contributed by atoms with Crippen molar-refractivity contribution in [3.05, 3.63) is 0 Å². The second-order valence-electron chi connectivity index (χ2n) is 3.26. The zero-order valence-electron chi connectivity index (χ0n) is 6.98. The van der Waals surface area contributed by atoms with Crippen LogP contribution in [0.5, 0.6) is 0 Å². The van der Waals surface area contributed by atoms with Crippen LogP contribution in [0, 0.1) is 0 Å². The normalized spacial score (nSPS) is 15.3. The van der Waals surface area contributed by atoms with Gasteiger partial charge in [-0.05, 0) is 0 Å². The summed E-state index contributed by atoms with van der Waals surface area (Å²) in [7, 11) is 3.77. The van der Waals surface area contributed by atoms with Crippen LogP contribution in [-0.4, -0.2) is 15.9 Å². The molecule has 0 heterocycles. The van der Waals surface area contributed by atoms with E-state index in [2.05, 4.69) is 27.7 Å². The van der Waals surface area contributed by atoms with Gasteiger partial charge < -0.3 is 0 Å². The third kappa shape index (κ3) is 7.10. The number of rotatable bonds is 3. The van der Waals surface area contributed by atoms with Gasteiger partial charge in [0.05, 0.1) is 0 Å². The molecule has 0 aromatic carbocycles. The molecule has 0 aliphatic heterocycles. The lowest BCUT2D eigenvalue weighted by molar-refractivity contribution is 0.810. The van der Waals surface area contributed by atoms with Crippen molar-refractivity contribution in [2.75, 3.05) is 5.88 Å². The van der Waals surface area contributed by atoms with Gasteiger partial charge >= 0.3 is 0 Å². The maximum atomic E-state index is 5.65. The molecule has 0 nitrogen and oxygen atoms in total. The molecule has 0 radical (unpaired) electrons. The lowest BCUT2D eigenvalue weighted by Gasteiger charge is -2.18. The summed E-state index contributed by atoms with van der Waals surface area (Å²) in [6.45, 7) is 8.79. The monoisotopic (exact) mass is 198 g/mol. The van der Waals surface area contributed by atoms with Crippen molar-refractivity contribution in [3.8, 4) is 0 Å². The first-order chi connectivity index (χ1) is 4.45. The van der Waals surface area contributed by atoms with Crippen LogP contribution >= 0.6 is 33.2 Å². The van der Waals surface area contributed by atoms with E-state index in [1.54, 1.807) is 0 Å². The molecule has 1 atom stereocenters. The number of alkyl halides is 1. The molecule has 0 N–H and O–H groups in total. The highest BCUT2D eigenvalue weighted by atomic mass is 35.5. The van der Waals surface area contributed by atoms with Crippen LogP contribution in [0.1, 0.15) is 27.7 Å². The fourth-order valence-corrected chi connectivity index (χ4v) is 2.73. The average Bonchev–Trinajstić information content (AvgIpc) is 1.81. The molecule has 0 aliphatic carbocycles. The molecule has 0 unspecified atom stereocenters. The smallest absolute Gasteiger partial charge is 0.0348 e. The van der Waals surface area contributed by atoms with Crippen LogP contribution in [0.4, 0.5) is 0 Å². The van der Waals surface area contributed by atoms with Gasteiger partial charge in [-0.2, -0.15) is 0 Å². The van der Waals surface area contributed by atoms with Gasteiger partial charge in [0.1, 0.15) is 0 Å². The van der Waals surface area contributed by atoms with Crippen LogP contribution in [0.3, 0.4) is 0 Å². The van der Waals surface area contributed by atoms with Gasteiger partial charge in [-0.25, -0.2) is 0 Å². The van der Waals surface area contributed by atoms with E-state index >= 15 is 0 Å². The van der Waals surface area contributed by atoms with Crippen molar-refractivity contribution in [1.82, 2.24) is 0 Å². The molecule has 0 aliphatic rings. The zero-order valence-corrected chi connectivity index (χ0v) is 9.37. The predicted molar refractivity (Wildman–Crippen MR) is 55.1 cm³/mol. The van der Waals surface area contributed by atoms with Gasteiger partial charge in [0.25, 0.3) is 0 Å². The molecule has 0 aromatic rings. The molecule has 0 saturated heterocycles. The minimum atomic E-state index is 0.352. The minimum Gasteiger partial charge on any atom is -0.125 e. The van der Waals surface area contributed by atoms with E-state index in [1.165, 1.54) is 0 Å². The highest BCUT2D eigenvalue weighted by Gasteiger charge is 2.12. The van der Waals surface area contributed by atoms with Crippen molar-refractivity contribution in [2.45, 2.75) is 37.7 Å². The second kappa shape index (κ2) is 4.78. The summed E-state index contributed by atoms with van der Waals surface area (Å²) >= 11 is 5.65. The number of halogens is 1. The lowest BCUT2D eigenvalue weighted by atomic mass is 10.3. The Kier molecular flexibility index (Phi) is 5.26. The van der Waals surface area contributed by atoms with Gasteiger partial charge in [-0.1, -0.05) is 49.3 Å². The van der Waals surface area contributed by atoms with Crippen molar-refractivity contribution < 1.29 is 0 Å². The Balaban J connectivity index is 3.36. The summed E-state index contributed by atoms with van der Waals surface area (Å²) in [5.74, 6) is 0.744. The van der Waals surface area contributed by atoms with Gasteiger partial charge in [0.2, 0.25) is 0 Å². The van der Waals surface area contributed by atoms with E-state index in [9.17, 15) is 0 Å². The van der Waals surface area contributed by atoms with Crippen LogP contribution in [0.2, 0.25) is 0 Å². The first kappa shape index (κ1) is 11.0. The first-order valence-electron chi connectivity index (χ1n) is 3.36. The molecule has 3 heteroatoms. The molecule has 0 aromatic heterocycles. The quantitative estimate of drug-likeness (QED) is 0.500. The van der Waals surface area contributed by atoms with E-state index in [0.717, 1.165) is 5.88 Å². The van der Waals surface area contributed by atoms with E-state index in [-0.39, 0.29) is 0 Å². The molecule has 0 amide bonds. The van der Waals surface area contributed by atoms with Crippen molar-refractivity contribution in [3.63, 3.8) is 0 Å². The molecule has 0 rings (SSSR count). The standard InChI is InChI=1S/C7H15ClS2/c1-6(5-8)9-10-7(2,3)4/h6H,5H2,1-4H3/t6-/m0/s1. The van der Waals surface area contributed by atoms with Crippen molar-refractivity contribution in [1.29, 1.82) is 0 Å². The molecule has 0 bridgehead atoms. The Morgan fingerprint density at radius 1 is 1.40 bits per heavy atom. The van der Waals surface area contributed by atoms with Crippen molar-refractivity contribution >= 4 is 33.2 Å². The number of hydrogen-bond donors (Lipinski definition) is 0. The Labute approximate surface area is 76.9 Å². The fourth-order valence-electron chi connectivity index (χ4n) is 0.252. The van der Waals surface area contributed by atoms with Crippen LogP contribution < -0.4 is 0 Å². The highest BCUT2D eigenvalue weighted by molar-refractivity contribution is 8.77. The van der Waals surface area contributed by atoms with E-state index < -0.39 is 0 Å². The highest BCUT2D eigenvalue weighted by Crippen LogP contribution is 2.37. The van der Waals surface area contributed by atoms with Gasteiger partial charge in [0.15, 0.2) is 0 Å². The molecule has 0 saturated carbocycles. The molecule has 62 valence electrons. The average molecular weight is 199 g/mol. The summed E-state index contributed by atoms with van der Waals surface area (Å²) < 4.78 is 0.352. The SMILES string of the molecule is C[C@@H](CCl)SSC(C)(C)C. The van der Waals surface area contributed by atoms with Crippen LogP contribution in [0.15, 0.2) is 0 Å². The predicted octanol–water partition coefficient (Wildman–Crippen LogP) is 3.79. The first-order valence-corrected chi connectivity index (χ1v) is 6.11. The molecule has 10 heavy (non-hydrogen) atoms. The summed E-state index contributed by atoms with van der Waals surface area (Å²) in [4.78, 5) is 0. The minimum absolute atomic E-state index is 0.352. The summed E-state index contributed by atoms with van der Waals surface area (Å²) in [5, 5.41) is 0.561. The molecule has 0 fully saturated rings. The Bertz CT molecular complexity index is 88.1. The topological polar surface area (TPSA) is 0 Å². The Hall–Kier alpha value is 0.990. The zero-order chi connectivity index (χ0) is 8.20. The van der Waals surface area contributed by atoms with E-state index in [4.69, 9.17) is 11.6 Å². The van der Waals surface area contributed by atoms with Crippen LogP contribution in [0.25, 0.3) is 0 Å². The Morgan fingerprint density at radius 3 is 2.20 bits per heavy atom. The second-order valence-corrected chi connectivity index (χ2v) is 7.03. The lowest BCUT2D eigenvalue weighted by Crippen LogP contribution is -2.07. The van der Waals surface area contributed by atoms with Crippen molar-refractivity contribution in [2.24, 2.45) is 0 Å². The summed E-state index contributed by atoms with van der Waals surface area (Å²) in [6, 6.07) is 0. The van der Waals surface area contributed by atoms with Crippen LogP contribution in [-0.2, 0) is 0 Å². The van der Waals surface area contributed by atoms with E-state index in [0.29, 0.717) is 10.00 Å². The number of hydrogen-bond acceptors (Lipinski definition) is 2. The fraction of sp³-hybridized carbons (Fsp3) is 1.00. The largest absolute Gasteiger partial charge is 0.125 e. The maximum Gasteiger partial charge on any atom is 0.0348 e. The summed E-state index contributed by atoms with van der Waals surface area (Å²) in [5.41, 5.74) is 0. The third-order valence-electron chi connectivity index (χ3n) is 0.680. The maximum absolute atomic E-state index is 5.65. The van der Waals surface area contributed by atoms with E-state index in [1.807, 2.05) is 21.6 Å². The molecular weight excluding hydrogens is 184 g/mol. The molecule has 0 spiro atoms. The Morgan fingerprint density at radius 2 is 1.90 bits per heavy atom. The molecular formula is C7H15ClS2. The summed E-state index contributed by atoms with van der Waals surface area (Å²) in [6.07, 6.45) is 0. The van der Waals surface area contributed by atoms with Gasteiger partial charge in [-0.3, -0.25) is 0 Å². The third-order valence-corrected chi connectivity index (χ3v) is 5.19. The van der Waals surface area contributed by atoms with Gasteiger partial charge in [-0.15, -0.1) is 11.6 Å².